The Kier molecular flexibility index (Phi) is 1.94. The van der Waals surface area contributed by atoms with Crippen LogP contribution in [0.3, 0.4) is 0 Å². The Balaban J connectivity index is 2.83. The molecule has 1 heterocycles. The van der Waals surface area contributed by atoms with Crippen LogP contribution in [0.2, 0.25) is 0 Å². The van der Waals surface area contributed by atoms with E-state index < -0.39 is 0 Å². The molecule has 0 spiro atoms. The quantitative estimate of drug-likeness (QED) is 0.628. The van der Waals surface area contributed by atoms with E-state index in [0.717, 1.165) is 11.3 Å². The monoisotopic (exact) mass is 141 g/mol. The van der Waals surface area contributed by atoms with Gasteiger partial charge >= 0.3 is 0 Å². The molecule has 1 aromatic heterocycles. The van der Waals surface area contributed by atoms with Gasteiger partial charge in [0.1, 0.15) is 5.76 Å². The number of rotatable bonds is 2. The average molecular weight is 141 g/mol. The number of nitrogens with zero attached hydrogens (tertiary/aromatic N) is 1. The zero-order valence-corrected chi connectivity index (χ0v) is 6.47. The second-order valence-electron chi connectivity index (χ2n) is 2.10. The minimum Gasteiger partial charge on any atom is -0.476 e. The van der Waals surface area contributed by atoms with Crippen molar-refractivity contribution in [2.45, 2.75) is 20.8 Å². The van der Waals surface area contributed by atoms with Crippen LogP contribution in [0.1, 0.15) is 18.2 Å². The van der Waals surface area contributed by atoms with E-state index in [0.29, 0.717) is 12.5 Å². The van der Waals surface area contributed by atoms with Crippen molar-refractivity contribution in [3.05, 3.63) is 11.3 Å². The molecule has 0 bridgehead atoms. The number of hydrogen-bond acceptors (Lipinski definition) is 3. The molecule has 1 rings (SSSR count). The van der Waals surface area contributed by atoms with Crippen LogP contribution in [-0.4, -0.2) is 11.8 Å². The highest BCUT2D eigenvalue weighted by atomic mass is 16.5. The maximum Gasteiger partial charge on any atom is 0.257 e. The summed E-state index contributed by atoms with van der Waals surface area (Å²) in [6, 6.07) is 0. The summed E-state index contributed by atoms with van der Waals surface area (Å²) in [4.78, 5) is 0. The molecule has 0 aromatic carbocycles. The minimum atomic E-state index is 0.611. The smallest absolute Gasteiger partial charge is 0.257 e. The van der Waals surface area contributed by atoms with E-state index in [2.05, 4.69) is 5.16 Å². The van der Waals surface area contributed by atoms with Crippen molar-refractivity contribution < 1.29 is 9.26 Å². The molecule has 3 nitrogen and oxygen atoms in total. The molecule has 0 saturated heterocycles. The van der Waals surface area contributed by atoms with Crippen LogP contribution in [0.25, 0.3) is 0 Å². The summed E-state index contributed by atoms with van der Waals surface area (Å²) >= 11 is 0. The molecule has 0 aliphatic carbocycles. The molecule has 0 radical (unpaired) electrons. The molecule has 0 aliphatic rings. The van der Waals surface area contributed by atoms with Gasteiger partial charge in [-0.1, -0.05) is 0 Å². The van der Waals surface area contributed by atoms with Crippen LogP contribution in [0, 0.1) is 13.8 Å². The standard InChI is InChI=1S/C7H11NO2/c1-4-9-7-5(2)6(3)10-8-7/h4H2,1-3H3. The summed E-state index contributed by atoms with van der Waals surface area (Å²) in [6.07, 6.45) is 0. The highest BCUT2D eigenvalue weighted by molar-refractivity contribution is 5.24. The van der Waals surface area contributed by atoms with E-state index in [1.807, 2.05) is 20.8 Å². The lowest BCUT2D eigenvalue weighted by Gasteiger charge is -1.95. The van der Waals surface area contributed by atoms with Crippen LogP contribution >= 0.6 is 0 Å². The number of aromatic nitrogens is 1. The fourth-order valence-electron chi connectivity index (χ4n) is 0.669. The molecule has 0 saturated carbocycles. The van der Waals surface area contributed by atoms with Gasteiger partial charge in [0.25, 0.3) is 5.88 Å². The summed E-state index contributed by atoms with van der Waals surface area (Å²) in [6.45, 7) is 6.35. The highest BCUT2D eigenvalue weighted by Gasteiger charge is 2.06. The van der Waals surface area contributed by atoms with Gasteiger partial charge in [-0.05, 0) is 25.9 Å². The summed E-state index contributed by atoms with van der Waals surface area (Å²) in [5.41, 5.74) is 0.988. The summed E-state index contributed by atoms with van der Waals surface area (Å²) in [5, 5.41) is 3.71. The van der Waals surface area contributed by atoms with Crippen molar-refractivity contribution in [1.29, 1.82) is 0 Å². The maximum atomic E-state index is 5.15. The molecule has 0 amide bonds. The van der Waals surface area contributed by atoms with Crippen LogP contribution in [0.5, 0.6) is 5.88 Å². The van der Waals surface area contributed by atoms with Crippen molar-refractivity contribution >= 4 is 0 Å². The van der Waals surface area contributed by atoms with E-state index in [-0.39, 0.29) is 0 Å². The summed E-state index contributed by atoms with van der Waals surface area (Å²) in [7, 11) is 0. The van der Waals surface area contributed by atoms with Gasteiger partial charge in [0.2, 0.25) is 0 Å². The van der Waals surface area contributed by atoms with Gasteiger partial charge in [0, 0.05) is 0 Å². The normalized spacial score (nSPS) is 9.90. The molecular weight excluding hydrogens is 130 g/mol. The fraction of sp³-hybridized carbons (Fsp3) is 0.571. The zero-order chi connectivity index (χ0) is 7.56. The fourth-order valence-corrected chi connectivity index (χ4v) is 0.669. The first kappa shape index (κ1) is 7.12. The predicted molar refractivity (Wildman–Crippen MR) is 37.1 cm³/mol. The first-order valence-corrected chi connectivity index (χ1v) is 3.31. The molecule has 56 valence electrons. The molecule has 0 unspecified atom stereocenters. The second-order valence-corrected chi connectivity index (χ2v) is 2.10. The largest absolute Gasteiger partial charge is 0.476 e. The number of aryl methyl sites for hydroxylation is 1. The molecule has 0 aliphatic heterocycles. The Bertz CT molecular complexity index is 217. The summed E-state index contributed by atoms with van der Waals surface area (Å²) < 4.78 is 10.0. The van der Waals surface area contributed by atoms with E-state index in [1.54, 1.807) is 0 Å². The first-order chi connectivity index (χ1) is 4.75. The lowest BCUT2D eigenvalue weighted by molar-refractivity contribution is 0.291. The van der Waals surface area contributed by atoms with Crippen molar-refractivity contribution in [3.8, 4) is 5.88 Å². The Morgan fingerprint density at radius 1 is 1.50 bits per heavy atom. The second kappa shape index (κ2) is 2.73. The van der Waals surface area contributed by atoms with Gasteiger partial charge < -0.3 is 9.26 Å². The Labute approximate surface area is 60.0 Å². The first-order valence-electron chi connectivity index (χ1n) is 3.31. The van der Waals surface area contributed by atoms with Crippen LogP contribution in [0.15, 0.2) is 4.52 Å². The molecule has 0 N–H and O–H groups in total. The molecule has 0 atom stereocenters. The van der Waals surface area contributed by atoms with Gasteiger partial charge in [-0.25, -0.2) is 0 Å². The van der Waals surface area contributed by atoms with Crippen molar-refractivity contribution in [2.75, 3.05) is 6.61 Å². The highest BCUT2D eigenvalue weighted by Crippen LogP contribution is 2.18. The average Bonchev–Trinajstić information content (AvgIpc) is 2.20. The van der Waals surface area contributed by atoms with Gasteiger partial charge in [0.05, 0.1) is 12.2 Å². The van der Waals surface area contributed by atoms with E-state index in [9.17, 15) is 0 Å². The Morgan fingerprint density at radius 2 is 2.20 bits per heavy atom. The lowest BCUT2D eigenvalue weighted by atomic mass is 10.3. The molecule has 1 aromatic rings. The van der Waals surface area contributed by atoms with Gasteiger partial charge in [-0.15, -0.1) is 0 Å². The van der Waals surface area contributed by atoms with Gasteiger partial charge in [0.15, 0.2) is 0 Å². The SMILES string of the molecule is CCOc1noc(C)c1C. The van der Waals surface area contributed by atoms with E-state index in [1.165, 1.54) is 0 Å². The van der Waals surface area contributed by atoms with Crippen LogP contribution in [0.4, 0.5) is 0 Å². The third kappa shape index (κ3) is 1.12. The molecule has 0 fully saturated rings. The van der Waals surface area contributed by atoms with Crippen molar-refractivity contribution in [3.63, 3.8) is 0 Å². The molecule has 3 heteroatoms. The predicted octanol–water partition coefficient (Wildman–Crippen LogP) is 1.69. The maximum absolute atomic E-state index is 5.15. The van der Waals surface area contributed by atoms with E-state index in [4.69, 9.17) is 9.26 Å². The molecule has 10 heavy (non-hydrogen) atoms. The lowest BCUT2D eigenvalue weighted by Crippen LogP contribution is -1.92. The van der Waals surface area contributed by atoms with Crippen molar-refractivity contribution in [1.82, 2.24) is 5.16 Å². The number of ether oxygens (including phenoxy) is 1. The van der Waals surface area contributed by atoms with Crippen LogP contribution < -0.4 is 4.74 Å². The van der Waals surface area contributed by atoms with Gasteiger partial charge in [-0.2, -0.15) is 0 Å². The topological polar surface area (TPSA) is 35.3 Å². The summed E-state index contributed by atoms with van der Waals surface area (Å²) in [5.74, 6) is 1.43. The Morgan fingerprint density at radius 3 is 2.60 bits per heavy atom. The molecular formula is C7H11NO2. The third-order valence-corrected chi connectivity index (χ3v) is 1.40. The zero-order valence-electron chi connectivity index (χ0n) is 6.47. The van der Waals surface area contributed by atoms with E-state index >= 15 is 0 Å². The Hall–Kier alpha value is -0.990. The van der Waals surface area contributed by atoms with Gasteiger partial charge in [-0.3, -0.25) is 0 Å². The third-order valence-electron chi connectivity index (χ3n) is 1.40. The van der Waals surface area contributed by atoms with Crippen LogP contribution in [-0.2, 0) is 0 Å². The van der Waals surface area contributed by atoms with Crippen molar-refractivity contribution in [2.24, 2.45) is 0 Å². The number of hydrogen-bond donors (Lipinski definition) is 0. The minimum absolute atomic E-state index is 0.611.